The number of aromatic amines is 1. The molecule has 0 aliphatic heterocycles. The third-order valence-corrected chi connectivity index (χ3v) is 9.24. The Labute approximate surface area is 247 Å². The lowest BCUT2D eigenvalue weighted by Crippen LogP contribution is -2.20. The molecule has 0 saturated heterocycles. The molecule has 1 aromatic carbocycles. The zero-order valence-corrected chi connectivity index (χ0v) is 25.9. The highest BCUT2D eigenvalue weighted by atomic mass is 32.2. The summed E-state index contributed by atoms with van der Waals surface area (Å²) < 4.78 is 0. The molecule has 0 saturated carbocycles. The van der Waals surface area contributed by atoms with Crippen LogP contribution in [0.2, 0.25) is 0 Å². The van der Waals surface area contributed by atoms with Crippen LogP contribution in [0.4, 0.5) is 0 Å². The molecule has 0 radical (unpaired) electrons. The number of hydrogen-bond donors (Lipinski definition) is 3. The van der Waals surface area contributed by atoms with E-state index in [9.17, 15) is 4.79 Å². The van der Waals surface area contributed by atoms with Crippen LogP contribution in [0.5, 0.6) is 0 Å². The molecule has 11 heteroatoms. The molecule has 4 N–H and O–H groups in total. The molecule has 0 bridgehead atoms. The van der Waals surface area contributed by atoms with Crippen LogP contribution in [0.25, 0.3) is 0 Å². The normalized spacial score (nSPS) is 10.7. The van der Waals surface area contributed by atoms with Crippen molar-refractivity contribution >= 4 is 52.0 Å². The number of nitrogens with one attached hydrogen (secondary N) is 2. The van der Waals surface area contributed by atoms with E-state index in [1.165, 1.54) is 5.56 Å². The highest BCUT2D eigenvalue weighted by molar-refractivity contribution is 7.98. The second-order valence-corrected chi connectivity index (χ2v) is 13.2. The molecule has 0 unspecified atom stereocenters. The van der Waals surface area contributed by atoms with Crippen molar-refractivity contribution in [3.63, 3.8) is 0 Å². The first-order valence-corrected chi connectivity index (χ1v) is 16.8. The molecule has 0 atom stereocenters. The van der Waals surface area contributed by atoms with E-state index in [4.69, 9.17) is 11.1 Å². The summed E-state index contributed by atoms with van der Waals surface area (Å²) in [7, 11) is 0. The van der Waals surface area contributed by atoms with E-state index in [0.29, 0.717) is 6.42 Å². The molecule has 7 nitrogen and oxygen atoms in total. The number of rotatable bonds is 13. The summed E-state index contributed by atoms with van der Waals surface area (Å²) in [6.07, 6.45) is 3.02. The number of amidine groups is 1. The monoisotopic (exact) mass is 600 g/mol. The van der Waals surface area contributed by atoms with E-state index < -0.39 is 0 Å². The highest BCUT2D eigenvalue weighted by Gasteiger charge is 2.09. The average molecular weight is 601 g/mol. The van der Waals surface area contributed by atoms with Crippen LogP contribution in [-0.2, 0) is 30.8 Å². The van der Waals surface area contributed by atoms with Gasteiger partial charge in [0.1, 0.15) is 5.82 Å². The minimum atomic E-state index is 0.00329. The maximum absolute atomic E-state index is 12.4. The fraction of sp³-hybridized carbons (Fsp3) is 0.393. The van der Waals surface area contributed by atoms with Gasteiger partial charge in [0.25, 0.3) is 5.56 Å². The Morgan fingerprint density at radius 3 is 2.05 bits per heavy atom. The molecule has 0 fully saturated rings. The number of nitrogens with two attached hydrogens (primary N) is 1. The zero-order valence-electron chi connectivity index (χ0n) is 22.7. The van der Waals surface area contributed by atoms with Crippen molar-refractivity contribution in [1.82, 2.24) is 19.9 Å². The standard InChI is InChI=1S/C20H23N3OS2.C8H13N3S2/c1-14-18(9-8-16-6-4-3-5-7-16)20(24)23-19(21-14)10-11-25-12-17-13-26-15(2)22-17;1-6-11-7(5-13-6)4-12-3-2-8(9)10/h3-7,13H,8-12H2,1-2H3,(H,21,23,24);5H,2-4H2,1H3,(H3,9,10). The largest absolute Gasteiger partial charge is 0.388 e. The average Bonchev–Trinajstić information content (AvgIpc) is 3.52. The van der Waals surface area contributed by atoms with E-state index >= 15 is 0 Å². The number of hydrogen-bond acceptors (Lipinski definition) is 9. The second kappa shape index (κ2) is 16.6. The summed E-state index contributed by atoms with van der Waals surface area (Å²) in [5.74, 6) is 4.70. The van der Waals surface area contributed by atoms with Crippen molar-refractivity contribution < 1.29 is 0 Å². The van der Waals surface area contributed by atoms with E-state index in [1.807, 2.05) is 50.7 Å². The van der Waals surface area contributed by atoms with Crippen molar-refractivity contribution in [2.75, 3.05) is 11.5 Å². The van der Waals surface area contributed by atoms with Crippen LogP contribution in [0, 0.1) is 26.2 Å². The van der Waals surface area contributed by atoms with Gasteiger partial charge >= 0.3 is 0 Å². The van der Waals surface area contributed by atoms with Gasteiger partial charge in [0.2, 0.25) is 0 Å². The maximum Gasteiger partial charge on any atom is 0.254 e. The summed E-state index contributed by atoms with van der Waals surface area (Å²) in [5.41, 5.74) is 10.4. The lowest BCUT2D eigenvalue weighted by Gasteiger charge is -2.07. The van der Waals surface area contributed by atoms with Crippen molar-refractivity contribution in [1.29, 1.82) is 5.41 Å². The summed E-state index contributed by atoms with van der Waals surface area (Å²) in [4.78, 5) is 28.8. The summed E-state index contributed by atoms with van der Waals surface area (Å²) in [5, 5.41) is 13.4. The van der Waals surface area contributed by atoms with Gasteiger partial charge in [-0.3, -0.25) is 10.2 Å². The van der Waals surface area contributed by atoms with Gasteiger partial charge in [-0.25, -0.2) is 15.0 Å². The number of thiazole rings is 2. The van der Waals surface area contributed by atoms with Crippen molar-refractivity contribution in [3.8, 4) is 0 Å². The minimum Gasteiger partial charge on any atom is -0.388 e. The van der Waals surface area contributed by atoms with E-state index in [0.717, 1.165) is 80.8 Å². The van der Waals surface area contributed by atoms with Crippen LogP contribution in [-0.4, -0.2) is 37.3 Å². The quantitative estimate of drug-likeness (QED) is 0.0961. The molecule has 0 aliphatic carbocycles. The topological polar surface area (TPSA) is 121 Å². The third kappa shape index (κ3) is 11.7. The number of H-pyrrole nitrogens is 1. The number of aromatic nitrogens is 4. The molecule has 39 heavy (non-hydrogen) atoms. The van der Waals surface area contributed by atoms with Gasteiger partial charge in [0, 0.05) is 57.9 Å². The van der Waals surface area contributed by atoms with Crippen molar-refractivity contribution in [2.45, 2.75) is 58.0 Å². The molecule has 0 aliphatic rings. The third-order valence-electron chi connectivity index (χ3n) is 5.61. The first-order valence-electron chi connectivity index (χ1n) is 12.7. The van der Waals surface area contributed by atoms with Crippen LogP contribution in [0.1, 0.15) is 50.5 Å². The van der Waals surface area contributed by atoms with Gasteiger partial charge in [-0.15, -0.1) is 22.7 Å². The van der Waals surface area contributed by atoms with Crippen LogP contribution in [0.15, 0.2) is 45.9 Å². The Kier molecular flexibility index (Phi) is 13.2. The van der Waals surface area contributed by atoms with Crippen LogP contribution in [0.3, 0.4) is 0 Å². The SMILES string of the molecule is Cc1nc(CSCCC(=N)N)cs1.Cc1nc(CSCCc2nc(C)c(CCc3ccccc3)c(=O)[nH]2)cs1. The van der Waals surface area contributed by atoms with Gasteiger partial charge in [0.05, 0.1) is 27.2 Å². The molecule has 0 amide bonds. The molecular formula is C28H36N6OS4. The van der Waals surface area contributed by atoms with Crippen LogP contribution >= 0.6 is 46.2 Å². The first-order chi connectivity index (χ1) is 18.8. The van der Waals surface area contributed by atoms with Gasteiger partial charge in [-0.2, -0.15) is 23.5 Å². The lowest BCUT2D eigenvalue weighted by atomic mass is 10.0. The summed E-state index contributed by atoms with van der Waals surface area (Å²) >= 11 is 6.95. The van der Waals surface area contributed by atoms with Gasteiger partial charge in [-0.05, 0) is 39.2 Å². The van der Waals surface area contributed by atoms with Gasteiger partial charge < -0.3 is 10.7 Å². The predicted octanol–water partition coefficient (Wildman–Crippen LogP) is 6.12. The Hall–Kier alpha value is -2.47. The Balaban J connectivity index is 0.000000272. The molecular weight excluding hydrogens is 565 g/mol. The Bertz CT molecular complexity index is 1370. The minimum absolute atomic E-state index is 0.00329. The number of benzene rings is 1. The molecule has 3 aromatic heterocycles. The number of aryl methyl sites for hydroxylation is 5. The van der Waals surface area contributed by atoms with E-state index in [2.05, 4.69) is 42.8 Å². The zero-order chi connectivity index (χ0) is 28.0. The van der Waals surface area contributed by atoms with Crippen molar-refractivity contribution in [2.24, 2.45) is 5.73 Å². The maximum atomic E-state index is 12.4. The number of thioether (sulfide) groups is 2. The fourth-order valence-corrected chi connectivity index (χ4v) is 6.79. The molecule has 208 valence electrons. The fourth-order valence-electron chi connectivity index (χ4n) is 3.65. The molecule has 3 heterocycles. The predicted molar refractivity (Wildman–Crippen MR) is 170 cm³/mol. The van der Waals surface area contributed by atoms with Crippen LogP contribution < -0.4 is 11.3 Å². The smallest absolute Gasteiger partial charge is 0.254 e. The highest BCUT2D eigenvalue weighted by Crippen LogP contribution is 2.17. The number of nitrogens with zero attached hydrogens (tertiary/aromatic N) is 3. The summed E-state index contributed by atoms with van der Waals surface area (Å²) in [6, 6.07) is 10.2. The van der Waals surface area contributed by atoms with E-state index in [-0.39, 0.29) is 11.4 Å². The Morgan fingerprint density at radius 1 is 0.897 bits per heavy atom. The van der Waals surface area contributed by atoms with Crippen molar-refractivity contribution in [3.05, 3.63) is 95.5 Å². The lowest BCUT2D eigenvalue weighted by molar-refractivity contribution is 0.840. The first kappa shape index (κ1) is 31.1. The summed E-state index contributed by atoms with van der Waals surface area (Å²) in [6.45, 7) is 5.97. The molecule has 4 rings (SSSR count). The van der Waals surface area contributed by atoms with Gasteiger partial charge in [-0.1, -0.05) is 30.3 Å². The molecule has 4 aromatic rings. The van der Waals surface area contributed by atoms with Gasteiger partial charge in [0.15, 0.2) is 0 Å². The second-order valence-electron chi connectivity index (χ2n) is 8.91. The molecule has 0 spiro atoms. The van der Waals surface area contributed by atoms with E-state index in [1.54, 1.807) is 34.4 Å². The Morgan fingerprint density at radius 2 is 1.51 bits per heavy atom.